The number of nitrogens with one attached hydrogen (secondary N) is 2. The van der Waals surface area contributed by atoms with Gasteiger partial charge in [-0.25, -0.2) is 4.99 Å². The fourth-order valence-corrected chi connectivity index (χ4v) is 3.02. The molecule has 1 saturated carbocycles. The summed E-state index contributed by atoms with van der Waals surface area (Å²) >= 11 is 6.38. The Morgan fingerprint density at radius 1 is 1.27 bits per heavy atom. The molecule has 1 aliphatic carbocycles. The van der Waals surface area contributed by atoms with Crippen LogP contribution in [0.25, 0.3) is 0 Å². The van der Waals surface area contributed by atoms with Crippen LogP contribution in [0.1, 0.15) is 38.2 Å². The molecule has 1 amide bonds. The smallest absolute Gasteiger partial charge is 0.243 e. The highest BCUT2D eigenvalue weighted by molar-refractivity contribution is 14.0. The first-order valence-electron chi connectivity index (χ1n) is 8.96. The van der Waals surface area contributed by atoms with E-state index in [-0.39, 0.29) is 41.8 Å². The zero-order valence-electron chi connectivity index (χ0n) is 15.8. The molecule has 2 N–H and O–H groups in total. The number of hydrogen-bond acceptors (Lipinski definition) is 2. The zero-order valence-corrected chi connectivity index (χ0v) is 18.9. The predicted molar refractivity (Wildman–Crippen MR) is 120 cm³/mol. The standard InChI is InChI=1S/C19H29ClN4O.HI/c1-4-5-12-21-18(22-13-17(25)24(2)3)23-14-19(10-11-19)15-8-6-7-9-16(15)20;/h6-9H,4-5,10-14H2,1-3H3,(H2,21,22,23);1H. The van der Waals surface area contributed by atoms with E-state index in [4.69, 9.17) is 11.6 Å². The van der Waals surface area contributed by atoms with Crippen molar-refractivity contribution >= 4 is 47.4 Å². The third-order valence-corrected chi connectivity index (χ3v) is 4.92. The highest BCUT2D eigenvalue weighted by Gasteiger charge is 2.45. The van der Waals surface area contributed by atoms with Crippen LogP contribution in [0.15, 0.2) is 29.3 Å². The Labute approximate surface area is 179 Å². The molecule has 2 rings (SSSR count). The molecule has 0 aromatic heterocycles. The maximum atomic E-state index is 11.8. The van der Waals surface area contributed by atoms with Crippen molar-refractivity contribution in [3.05, 3.63) is 34.9 Å². The van der Waals surface area contributed by atoms with Crippen molar-refractivity contribution in [2.75, 3.05) is 33.7 Å². The molecule has 0 heterocycles. The molecular formula is C19H30ClIN4O. The van der Waals surface area contributed by atoms with Crippen molar-refractivity contribution in [1.82, 2.24) is 15.5 Å². The number of carbonyl (C=O) groups excluding carboxylic acids is 1. The van der Waals surface area contributed by atoms with Gasteiger partial charge in [-0.15, -0.1) is 24.0 Å². The van der Waals surface area contributed by atoms with Gasteiger partial charge in [-0.3, -0.25) is 4.79 Å². The van der Waals surface area contributed by atoms with Gasteiger partial charge in [-0.05, 0) is 30.9 Å². The number of benzene rings is 1. The van der Waals surface area contributed by atoms with Crippen LogP contribution in [0.5, 0.6) is 0 Å². The SMILES string of the molecule is CCCCNC(=NCC(=O)N(C)C)NCC1(c2ccccc2Cl)CC1.I. The first-order valence-corrected chi connectivity index (χ1v) is 9.33. The van der Waals surface area contributed by atoms with Crippen molar-refractivity contribution in [3.63, 3.8) is 0 Å². The van der Waals surface area contributed by atoms with Crippen LogP contribution in [-0.4, -0.2) is 50.5 Å². The molecule has 0 radical (unpaired) electrons. The van der Waals surface area contributed by atoms with Crippen LogP contribution < -0.4 is 10.6 Å². The number of hydrogen-bond donors (Lipinski definition) is 2. The van der Waals surface area contributed by atoms with Gasteiger partial charge < -0.3 is 15.5 Å². The lowest BCUT2D eigenvalue weighted by atomic mass is 9.96. The van der Waals surface area contributed by atoms with Gasteiger partial charge in [0.1, 0.15) is 6.54 Å². The molecule has 7 heteroatoms. The molecular weight excluding hydrogens is 463 g/mol. The fourth-order valence-electron chi connectivity index (χ4n) is 2.68. The molecule has 0 bridgehead atoms. The van der Waals surface area contributed by atoms with Crippen LogP contribution in [-0.2, 0) is 10.2 Å². The summed E-state index contributed by atoms with van der Waals surface area (Å²) in [5.74, 6) is 0.686. The number of halogens is 2. The van der Waals surface area contributed by atoms with E-state index in [0.29, 0.717) is 5.96 Å². The Balaban J connectivity index is 0.00000338. The molecule has 0 aliphatic heterocycles. The number of amides is 1. The summed E-state index contributed by atoms with van der Waals surface area (Å²) in [5.41, 5.74) is 1.28. The second-order valence-corrected chi connectivity index (χ2v) is 7.25. The Hall–Kier alpha value is -1.02. The lowest BCUT2D eigenvalue weighted by molar-refractivity contribution is -0.127. The van der Waals surface area contributed by atoms with E-state index < -0.39 is 0 Å². The second kappa shape index (κ2) is 11.0. The van der Waals surface area contributed by atoms with Crippen molar-refractivity contribution in [2.45, 2.75) is 38.0 Å². The van der Waals surface area contributed by atoms with Crippen LogP contribution >= 0.6 is 35.6 Å². The molecule has 1 fully saturated rings. The highest BCUT2D eigenvalue weighted by atomic mass is 127. The van der Waals surface area contributed by atoms with E-state index in [1.807, 2.05) is 18.2 Å². The molecule has 1 aromatic carbocycles. The third-order valence-electron chi connectivity index (χ3n) is 4.59. The largest absolute Gasteiger partial charge is 0.356 e. The molecule has 26 heavy (non-hydrogen) atoms. The number of unbranched alkanes of at least 4 members (excludes halogenated alkanes) is 1. The first-order chi connectivity index (χ1) is 12.0. The molecule has 0 saturated heterocycles. The highest BCUT2D eigenvalue weighted by Crippen LogP contribution is 2.49. The predicted octanol–water partition coefficient (Wildman–Crippen LogP) is 3.41. The van der Waals surface area contributed by atoms with Crippen LogP contribution in [0.4, 0.5) is 0 Å². The fraction of sp³-hybridized carbons (Fsp3) is 0.579. The number of aliphatic imine (C=N–C) groups is 1. The summed E-state index contributed by atoms with van der Waals surface area (Å²) in [6.45, 7) is 3.91. The molecule has 146 valence electrons. The van der Waals surface area contributed by atoms with Crippen LogP contribution in [0.2, 0.25) is 5.02 Å². The average Bonchev–Trinajstić information content (AvgIpc) is 3.38. The van der Waals surface area contributed by atoms with E-state index >= 15 is 0 Å². The lowest BCUT2D eigenvalue weighted by Crippen LogP contribution is -2.42. The average molecular weight is 493 g/mol. The topological polar surface area (TPSA) is 56.7 Å². The minimum absolute atomic E-state index is 0. The van der Waals surface area contributed by atoms with Gasteiger partial charge in [0.05, 0.1) is 0 Å². The Kier molecular flexibility index (Phi) is 9.71. The molecule has 1 aliphatic rings. The van der Waals surface area contributed by atoms with Gasteiger partial charge >= 0.3 is 0 Å². The Morgan fingerprint density at radius 2 is 1.96 bits per heavy atom. The minimum Gasteiger partial charge on any atom is -0.356 e. The maximum absolute atomic E-state index is 11.8. The molecule has 0 unspecified atom stereocenters. The van der Waals surface area contributed by atoms with Gasteiger partial charge in [0.2, 0.25) is 5.91 Å². The Morgan fingerprint density at radius 3 is 2.54 bits per heavy atom. The summed E-state index contributed by atoms with van der Waals surface area (Å²) in [5, 5.41) is 7.55. The number of carbonyl (C=O) groups is 1. The monoisotopic (exact) mass is 492 g/mol. The molecule has 0 spiro atoms. The van der Waals surface area contributed by atoms with Crippen molar-refractivity contribution < 1.29 is 4.79 Å². The lowest BCUT2D eigenvalue weighted by Gasteiger charge is -2.20. The first kappa shape index (κ1) is 23.0. The molecule has 5 nitrogen and oxygen atoms in total. The van der Waals surface area contributed by atoms with E-state index in [1.54, 1.807) is 19.0 Å². The van der Waals surface area contributed by atoms with Crippen molar-refractivity contribution in [1.29, 1.82) is 0 Å². The van der Waals surface area contributed by atoms with E-state index in [9.17, 15) is 4.79 Å². The second-order valence-electron chi connectivity index (χ2n) is 6.85. The summed E-state index contributed by atoms with van der Waals surface area (Å²) in [6.07, 6.45) is 4.41. The number of likely N-dealkylation sites (N-methyl/N-ethyl adjacent to an activating group) is 1. The van der Waals surface area contributed by atoms with E-state index in [0.717, 1.165) is 43.8 Å². The van der Waals surface area contributed by atoms with Gasteiger partial charge in [-0.1, -0.05) is 43.1 Å². The summed E-state index contributed by atoms with van der Waals surface area (Å²) < 4.78 is 0. The minimum atomic E-state index is -0.0103. The number of rotatable bonds is 8. The van der Waals surface area contributed by atoms with Crippen molar-refractivity contribution in [2.24, 2.45) is 4.99 Å². The third kappa shape index (κ3) is 6.61. The van der Waals surface area contributed by atoms with Gasteiger partial charge in [0.25, 0.3) is 0 Å². The van der Waals surface area contributed by atoms with Gasteiger partial charge in [-0.2, -0.15) is 0 Å². The number of guanidine groups is 1. The van der Waals surface area contributed by atoms with Crippen molar-refractivity contribution in [3.8, 4) is 0 Å². The molecule has 0 atom stereocenters. The zero-order chi connectivity index (χ0) is 18.3. The van der Waals surface area contributed by atoms with E-state index in [1.165, 1.54) is 5.56 Å². The van der Waals surface area contributed by atoms with Gasteiger partial charge in [0.15, 0.2) is 5.96 Å². The Bertz CT molecular complexity index is 617. The van der Waals surface area contributed by atoms with Gasteiger partial charge in [0, 0.05) is 37.6 Å². The van der Waals surface area contributed by atoms with Crippen LogP contribution in [0.3, 0.4) is 0 Å². The number of nitrogens with zero attached hydrogens (tertiary/aromatic N) is 2. The summed E-state index contributed by atoms with van der Waals surface area (Å²) in [7, 11) is 3.48. The quantitative estimate of drug-likeness (QED) is 0.253. The normalized spacial score (nSPS) is 15.0. The van der Waals surface area contributed by atoms with E-state index in [2.05, 4.69) is 28.6 Å². The maximum Gasteiger partial charge on any atom is 0.243 e. The molecule has 1 aromatic rings. The summed E-state index contributed by atoms with van der Waals surface area (Å²) in [4.78, 5) is 17.8. The van der Waals surface area contributed by atoms with Crippen LogP contribution in [0, 0.1) is 0 Å². The summed E-state index contributed by atoms with van der Waals surface area (Å²) in [6, 6.07) is 8.04.